The Bertz CT molecular complexity index is 1240. The topological polar surface area (TPSA) is 83.6 Å². The van der Waals surface area contributed by atoms with E-state index < -0.39 is 5.97 Å². The molecule has 0 bridgehead atoms. The summed E-state index contributed by atoms with van der Waals surface area (Å²) in [5.74, 6) is 0.602. The predicted molar refractivity (Wildman–Crippen MR) is 114 cm³/mol. The van der Waals surface area contributed by atoms with Gasteiger partial charge in [0.15, 0.2) is 0 Å². The lowest BCUT2D eigenvalue weighted by atomic mass is 10.2. The fraction of sp³-hybridized carbons (Fsp3) is 0.227. The van der Waals surface area contributed by atoms with Crippen LogP contribution in [0.4, 0.5) is 0 Å². The van der Waals surface area contributed by atoms with E-state index in [9.17, 15) is 9.59 Å². The summed E-state index contributed by atoms with van der Waals surface area (Å²) in [6.45, 7) is 0.592. The van der Waals surface area contributed by atoms with E-state index in [4.69, 9.17) is 14.1 Å². The number of rotatable bonds is 7. The molecule has 154 valence electrons. The second kappa shape index (κ2) is 8.64. The van der Waals surface area contributed by atoms with Gasteiger partial charge in [0.1, 0.15) is 16.4 Å². The first-order valence-corrected chi connectivity index (χ1v) is 10.2. The summed E-state index contributed by atoms with van der Waals surface area (Å²) in [6, 6.07) is 15.0. The number of thiophene rings is 1. The summed E-state index contributed by atoms with van der Waals surface area (Å²) in [5, 5.41) is 0.555. The standard InChI is InChI=1S/C22H20N2O5S/c1-27-11-10-19-23-20-16(12-18(30-20)14-6-4-3-5-7-14)21(25)24(19)13-15-8-9-17(29-15)22(26)28-2/h3-9,12H,10-11,13H2,1-2H3. The summed E-state index contributed by atoms with van der Waals surface area (Å²) in [7, 11) is 2.89. The fourth-order valence-corrected chi connectivity index (χ4v) is 4.23. The van der Waals surface area contributed by atoms with Gasteiger partial charge < -0.3 is 13.9 Å². The van der Waals surface area contributed by atoms with Crippen LogP contribution in [0, 0.1) is 0 Å². The number of benzene rings is 1. The zero-order valence-electron chi connectivity index (χ0n) is 16.6. The highest BCUT2D eigenvalue weighted by molar-refractivity contribution is 7.21. The average Bonchev–Trinajstić information content (AvgIpc) is 3.42. The molecule has 0 atom stereocenters. The minimum atomic E-state index is -0.563. The lowest BCUT2D eigenvalue weighted by Gasteiger charge is -2.11. The number of methoxy groups -OCH3 is 2. The van der Waals surface area contributed by atoms with Gasteiger partial charge in [0.2, 0.25) is 5.76 Å². The Morgan fingerprint density at radius 1 is 1.17 bits per heavy atom. The largest absolute Gasteiger partial charge is 0.463 e. The molecule has 1 aromatic carbocycles. The molecular weight excluding hydrogens is 404 g/mol. The molecule has 0 unspecified atom stereocenters. The Labute approximate surface area is 176 Å². The molecule has 30 heavy (non-hydrogen) atoms. The number of hydrogen-bond acceptors (Lipinski definition) is 7. The Kier molecular flexibility index (Phi) is 5.78. The van der Waals surface area contributed by atoms with Crippen LogP contribution in [0.3, 0.4) is 0 Å². The van der Waals surface area contributed by atoms with Crippen LogP contribution in [0.25, 0.3) is 20.7 Å². The molecule has 0 aliphatic carbocycles. The summed E-state index contributed by atoms with van der Waals surface area (Å²) < 4.78 is 17.0. The highest BCUT2D eigenvalue weighted by Crippen LogP contribution is 2.31. The smallest absolute Gasteiger partial charge is 0.373 e. The number of hydrogen-bond donors (Lipinski definition) is 0. The molecule has 0 radical (unpaired) electrons. The SMILES string of the molecule is COCCc1nc2sc(-c3ccccc3)cc2c(=O)n1Cc1ccc(C(=O)OC)o1. The zero-order valence-corrected chi connectivity index (χ0v) is 17.4. The number of furan rings is 1. The Morgan fingerprint density at radius 3 is 2.70 bits per heavy atom. The second-order valence-corrected chi connectivity index (χ2v) is 7.65. The molecule has 8 heteroatoms. The molecule has 0 fully saturated rings. The number of esters is 1. The van der Waals surface area contributed by atoms with Crippen molar-refractivity contribution in [3.63, 3.8) is 0 Å². The van der Waals surface area contributed by atoms with Crippen LogP contribution >= 0.6 is 11.3 Å². The second-order valence-electron chi connectivity index (χ2n) is 6.62. The highest BCUT2D eigenvalue weighted by Gasteiger charge is 2.17. The van der Waals surface area contributed by atoms with Gasteiger partial charge in [-0.25, -0.2) is 9.78 Å². The number of aromatic nitrogens is 2. The van der Waals surface area contributed by atoms with Gasteiger partial charge in [-0.2, -0.15) is 0 Å². The van der Waals surface area contributed by atoms with Crippen LogP contribution in [-0.2, 0) is 22.4 Å². The first-order valence-electron chi connectivity index (χ1n) is 9.35. The number of carbonyl (C=O) groups is 1. The first-order chi connectivity index (χ1) is 14.6. The van der Waals surface area contributed by atoms with E-state index in [1.807, 2.05) is 36.4 Å². The summed E-state index contributed by atoms with van der Waals surface area (Å²) in [6.07, 6.45) is 0.477. The van der Waals surface area contributed by atoms with E-state index >= 15 is 0 Å². The van der Waals surface area contributed by atoms with Crippen molar-refractivity contribution in [1.29, 1.82) is 0 Å². The third-order valence-electron chi connectivity index (χ3n) is 4.68. The van der Waals surface area contributed by atoms with Gasteiger partial charge in [0, 0.05) is 18.4 Å². The highest BCUT2D eigenvalue weighted by atomic mass is 32.1. The maximum absolute atomic E-state index is 13.3. The molecule has 3 heterocycles. The zero-order chi connectivity index (χ0) is 21.1. The molecule has 0 saturated carbocycles. The minimum absolute atomic E-state index is 0.0925. The summed E-state index contributed by atoms with van der Waals surface area (Å²) >= 11 is 1.49. The van der Waals surface area contributed by atoms with Gasteiger partial charge in [-0.3, -0.25) is 9.36 Å². The van der Waals surface area contributed by atoms with Gasteiger partial charge >= 0.3 is 5.97 Å². The quantitative estimate of drug-likeness (QED) is 0.420. The number of carbonyl (C=O) groups excluding carboxylic acids is 1. The van der Waals surface area contributed by atoms with Crippen molar-refractivity contribution in [3.8, 4) is 10.4 Å². The molecule has 3 aromatic heterocycles. The predicted octanol–water partition coefficient (Wildman–Crippen LogP) is 3.74. The van der Waals surface area contributed by atoms with E-state index in [-0.39, 0.29) is 17.9 Å². The number of fused-ring (bicyclic) bond motifs is 1. The molecule has 0 saturated heterocycles. The average molecular weight is 424 g/mol. The monoisotopic (exact) mass is 424 g/mol. The van der Waals surface area contributed by atoms with E-state index in [2.05, 4.69) is 4.74 Å². The fourth-order valence-electron chi connectivity index (χ4n) is 3.18. The third-order valence-corrected chi connectivity index (χ3v) is 5.76. The maximum Gasteiger partial charge on any atom is 0.373 e. The maximum atomic E-state index is 13.3. The van der Waals surface area contributed by atoms with Crippen LogP contribution in [0.5, 0.6) is 0 Å². The van der Waals surface area contributed by atoms with Crippen molar-refractivity contribution < 1.29 is 18.7 Å². The van der Waals surface area contributed by atoms with Crippen molar-refractivity contribution in [2.24, 2.45) is 0 Å². The van der Waals surface area contributed by atoms with E-state index in [1.54, 1.807) is 17.7 Å². The minimum Gasteiger partial charge on any atom is -0.463 e. The summed E-state index contributed by atoms with van der Waals surface area (Å²) in [5.41, 5.74) is 0.888. The normalized spacial score (nSPS) is 11.1. The Balaban J connectivity index is 1.78. The Hall–Kier alpha value is -3.23. The van der Waals surface area contributed by atoms with Gasteiger partial charge in [-0.05, 0) is 23.8 Å². The molecule has 7 nitrogen and oxygen atoms in total. The van der Waals surface area contributed by atoms with Crippen LogP contribution in [0.15, 0.2) is 57.7 Å². The van der Waals surface area contributed by atoms with E-state index in [0.717, 1.165) is 10.4 Å². The van der Waals surface area contributed by atoms with E-state index in [0.29, 0.717) is 34.8 Å². The molecule has 0 N–H and O–H groups in total. The van der Waals surface area contributed by atoms with Crippen molar-refractivity contribution in [3.05, 3.63) is 76.2 Å². The van der Waals surface area contributed by atoms with Crippen molar-refractivity contribution >= 4 is 27.5 Å². The molecule has 0 amide bonds. The molecule has 0 aliphatic heterocycles. The molecular formula is C22H20N2O5S. The first kappa shape index (κ1) is 20.1. The van der Waals surface area contributed by atoms with Crippen LogP contribution in [0.1, 0.15) is 22.1 Å². The third kappa shape index (κ3) is 3.92. The molecule has 0 spiro atoms. The lowest BCUT2D eigenvalue weighted by Crippen LogP contribution is -2.26. The Morgan fingerprint density at radius 2 is 1.97 bits per heavy atom. The van der Waals surface area contributed by atoms with E-state index in [1.165, 1.54) is 24.5 Å². The molecule has 4 aromatic rings. The van der Waals surface area contributed by atoms with Gasteiger partial charge in [-0.1, -0.05) is 30.3 Å². The number of nitrogens with zero attached hydrogens (tertiary/aromatic N) is 2. The van der Waals surface area contributed by atoms with Crippen LogP contribution < -0.4 is 5.56 Å². The van der Waals surface area contributed by atoms with Gasteiger partial charge in [0.05, 0.1) is 25.6 Å². The van der Waals surface area contributed by atoms with Crippen LogP contribution in [0.2, 0.25) is 0 Å². The van der Waals surface area contributed by atoms with Crippen LogP contribution in [-0.4, -0.2) is 36.3 Å². The van der Waals surface area contributed by atoms with Crippen molar-refractivity contribution in [2.45, 2.75) is 13.0 Å². The van der Waals surface area contributed by atoms with Gasteiger partial charge in [0.25, 0.3) is 5.56 Å². The lowest BCUT2D eigenvalue weighted by molar-refractivity contribution is 0.0563. The number of ether oxygens (including phenoxy) is 2. The molecule has 4 rings (SSSR count). The van der Waals surface area contributed by atoms with Gasteiger partial charge in [-0.15, -0.1) is 11.3 Å². The summed E-state index contributed by atoms with van der Waals surface area (Å²) in [4.78, 5) is 31.4. The van der Waals surface area contributed by atoms with Crippen molar-refractivity contribution in [1.82, 2.24) is 9.55 Å². The molecule has 0 aliphatic rings. The van der Waals surface area contributed by atoms with Crippen molar-refractivity contribution in [2.75, 3.05) is 20.8 Å².